The van der Waals surface area contributed by atoms with Gasteiger partial charge in [-0.25, -0.2) is 0 Å². The molecular formula is C16H36O3SSi. The summed E-state index contributed by atoms with van der Waals surface area (Å²) >= 11 is 4.24. The molecule has 0 fully saturated rings. The Morgan fingerprint density at radius 3 is 1.86 bits per heavy atom. The lowest BCUT2D eigenvalue weighted by Gasteiger charge is -2.27. The average molecular weight is 337 g/mol. The standard InChI is InChI=1S/C16H36O3SSi/c1-4-14-19-21(17-3,18-5-2)16-13-11-9-7-6-8-10-12-15-20/h20H,4-16H2,1-3H3. The second kappa shape index (κ2) is 15.3. The van der Waals surface area contributed by atoms with Crippen molar-refractivity contribution < 1.29 is 13.3 Å². The van der Waals surface area contributed by atoms with Gasteiger partial charge in [0.2, 0.25) is 0 Å². The fourth-order valence-corrected chi connectivity index (χ4v) is 5.07. The van der Waals surface area contributed by atoms with Crippen LogP contribution in [0.15, 0.2) is 0 Å². The van der Waals surface area contributed by atoms with Gasteiger partial charge in [0.1, 0.15) is 0 Å². The van der Waals surface area contributed by atoms with Gasteiger partial charge in [-0.3, -0.25) is 0 Å². The van der Waals surface area contributed by atoms with Crippen LogP contribution in [0, 0.1) is 0 Å². The zero-order valence-corrected chi connectivity index (χ0v) is 16.3. The van der Waals surface area contributed by atoms with E-state index in [1.54, 1.807) is 7.11 Å². The predicted molar refractivity (Wildman–Crippen MR) is 96.2 cm³/mol. The normalized spacial score (nSPS) is 14.3. The summed E-state index contributed by atoms with van der Waals surface area (Å²) in [5.74, 6) is 1.03. The average Bonchev–Trinajstić information content (AvgIpc) is 2.51. The van der Waals surface area contributed by atoms with Gasteiger partial charge >= 0.3 is 8.80 Å². The summed E-state index contributed by atoms with van der Waals surface area (Å²) in [5.41, 5.74) is 0. The van der Waals surface area contributed by atoms with Gasteiger partial charge in [0, 0.05) is 26.4 Å². The molecule has 0 aromatic carbocycles. The Bertz CT molecular complexity index is 220. The van der Waals surface area contributed by atoms with Crippen LogP contribution in [0.25, 0.3) is 0 Å². The van der Waals surface area contributed by atoms with Gasteiger partial charge in [0.05, 0.1) is 0 Å². The molecule has 0 aliphatic rings. The second-order valence-electron chi connectivity index (χ2n) is 5.47. The van der Waals surface area contributed by atoms with Crippen LogP contribution >= 0.6 is 12.6 Å². The van der Waals surface area contributed by atoms with Crippen molar-refractivity contribution in [3.8, 4) is 0 Å². The van der Waals surface area contributed by atoms with E-state index >= 15 is 0 Å². The van der Waals surface area contributed by atoms with Crippen LogP contribution in [0.3, 0.4) is 0 Å². The van der Waals surface area contributed by atoms with Gasteiger partial charge in [-0.2, -0.15) is 12.6 Å². The zero-order chi connectivity index (χ0) is 15.8. The van der Waals surface area contributed by atoms with Crippen molar-refractivity contribution in [1.29, 1.82) is 0 Å². The maximum Gasteiger partial charge on any atom is 0.500 e. The van der Waals surface area contributed by atoms with Crippen molar-refractivity contribution in [1.82, 2.24) is 0 Å². The number of rotatable bonds is 16. The third-order valence-corrected chi connectivity index (χ3v) is 6.87. The maximum atomic E-state index is 5.93. The highest BCUT2D eigenvalue weighted by atomic mass is 32.1. The fourth-order valence-electron chi connectivity index (χ4n) is 2.40. The van der Waals surface area contributed by atoms with Crippen molar-refractivity contribution in [3.63, 3.8) is 0 Å². The maximum absolute atomic E-state index is 5.93. The quantitative estimate of drug-likeness (QED) is 0.242. The molecule has 0 N–H and O–H groups in total. The van der Waals surface area contributed by atoms with Gasteiger partial charge < -0.3 is 13.3 Å². The van der Waals surface area contributed by atoms with E-state index in [1.165, 1.54) is 44.9 Å². The molecule has 0 aromatic heterocycles. The van der Waals surface area contributed by atoms with Crippen LogP contribution in [0.5, 0.6) is 0 Å². The molecule has 1 atom stereocenters. The summed E-state index contributed by atoms with van der Waals surface area (Å²) in [4.78, 5) is 0. The first-order valence-electron chi connectivity index (χ1n) is 8.68. The zero-order valence-electron chi connectivity index (χ0n) is 14.4. The molecule has 0 saturated heterocycles. The van der Waals surface area contributed by atoms with Gasteiger partial charge in [0.15, 0.2) is 0 Å². The van der Waals surface area contributed by atoms with E-state index in [0.717, 1.165) is 31.2 Å². The summed E-state index contributed by atoms with van der Waals surface area (Å²) in [6, 6.07) is 0.955. The first kappa shape index (κ1) is 21.4. The van der Waals surface area contributed by atoms with Gasteiger partial charge in [-0.05, 0) is 31.9 Å². The van der Waals surface area contributed by atoms with Crippen LogP contribution in [-0.2, 0) is 13.3 Å². The minimum atomic E-state index is -2.39. The van der Waals surface area contributed by atoms with E-state index < -0.39 is 8.80 Å². The van der Waals surface area contributed by atoms with E-state index in [4.69, 9.17) is 13.3 Å². The lowest BCUT2D eigenvalue weighted by atomic mass is 10.1. The lowest BCUT2D eigenvalue weighted by Crippen LogP contribution is -2.45. The van der Waals surface area contributed by atoms with Crippen LogP contribution in [-0.4, -0.2) is 34.9 Å². The molecule has 0 aliphatic carbocycles. The molecule has 0 rings (SSSR count). The molecule has 3 nitrogen and oxygen atoms in total. The van der Waals surface area contributed by atoms with Crippen molar-refractivity contribution in [2.75, 3.05) is 26.1 Å². The third-order valence-electron chi connectivity index (χ3n) is 3.59. The third kappa shape index (κ3) is 11.6. The summed E-state index contributed by atoms with van der Waals surface area (Å²) in [7, 11) is -0.650. The minimum absolute atomic E-state index is 0.676. The number of hydrogen-bond acceptors (Lipinski definition) is 4. The molecule has 0 bridgehead atoms. The molecule has 128 valence electrons. The van der Waals surface area contributed by atoms with Crippen LogP contribution in [0.2, 0.25) is 6.04 Å². The number of hydrogen-bond donors (Lipinski definition) is 1. The molecule has 0 saturated carbocycles. The van der Waals surface area contributed by atoms with Crippen LogP contribution < -0.4 is 0 Å². The number of thiol groups is 1. The molecule has 5 heteroatoms. The molecular weight excluding hydrogens is 300 g/mol. The largest absolute Gasteiger partial charge is 0.500 e. The molecule has 21 heavy (non-hydrogen) atoms. The smallest absolute Gasteiger partial charge is 0.377 e. The Hall–Kier alpha value is 0.447. The molecule has 0 heterocycles. The highest BCUT2D eigenvalue weighted by Gasteiger charge is 2.38. The predicted octanol–water partition coefficient (Wildman–Crippen LogP) is 5.09. The van der Waals surface area contributed by atoms with Gasteiger partial charge in [0.25, 0.3) is 0 Å². The molecule has 1 unspecified atom stereocenters. The summed E-state index contributed by atoms with van der Waals surface area (Å²) in [5, 5.41) is 0. The van der Waals surface area contributed by atoms with Crippen LogP contribution in [0.4, 0.5) is 0 Å². The Balaban J connectivity index is 3.72. The topological polar surface area (TPSA) is 27.7 Å². The van der Waals surface area contributed by atoms with E-state index in [9.17, 15) is 0 Å². The first-order chi connectivity index (χ1) is 10.2. The Morgan fingerprint density at radius 1 is 0.810 bits per heavy atom. The molecule has 0 aliphatic heterocycles. The van der Waals surface area contributed by atoms with Crippen molar-refractivity contribution in [2.24, 2.45) is 0 Å². The summed E-state index contributed by atoms with van der Waals surface area (Å²) < 4.78 is 17.4. The number of unbranched alkanes of at least 4 members (excludes halogenated alkanes) is 7. The molecule has 0 radical (unpaired) electrons. The summed E-state index contributed by atoms with van der Waals surface area (Å²) in [6.07, 6.45) is 11.4. The van der Waals surface area contributed by atoms with Gasteiger partial charge in [-0.15, -0.1) is 0 Å². The van der Waals surface area contributed by atoms with E-state index in [-0.39, 0.29) is 0 Å². The van der Waals surface area contributed by atoms with Crippen molar-refractivity contribution in [3.05, 3.63) is 0 Å². The second-order valence-corrected chi connectivity index (χ2v) is 8.77. The van der Waals surface area contributed by atoms with Gasteiger partial charge in [-0.1, -0.05) is 45.4 Å². The van der Waals surface area contributed by atoms with E-state index in [2.05, 4.69) is 19.6 Å². The van der Waals surface area contributed by atoms with E-state index in [1.807, 2.05) is 6.92 Å². The fraction of sp³-hybridized carbons (Fsp3) is 1.00. The Morgan fingerprint density at radius 2 is 1.38 bits per heavy atom. The Labute approximate surface area is 138 Å². The molecule has 0 amide bonds. The lowest BCUT2D eigenvalue weighted by molar-refractivity contribution is 0.0812. The SMILES string of the molecule is CCCO[Si](CCCCCCCCCCS)(OC)OCC. The minimum Gasteiger partial charge on any atom is -0.377 e. The van der Waals surface area contributed by atoms with Crippen LogP contribution in [0.1, 0.15) is 71.6 Å². The first-order valence-corrected chi connectivity index (χ1v) is 11.2. The Kier molecular flexibility index (Phi) is 15.7. The molecule has 0 aromatic rings. The van der Waals surface area contributed by atoms with Crippen molar-refractivity contribution >= 4 is 21.4 Å². The van der Waals surface area contributed by atoms with Crippen molar-refractivity contribution in [2.45, 2.75) is 77.7 Å². The summed E-state index contributed by atoms with van der Waals surface area (Å²) in [6.45, 7) is 5.55. The molecule has 0 spiro atoms. The monoisotopic (exact) mass is 336 g/mol. The van der Waals surface area contributed by atoms with E-state index in [0.29, 0.717) is 6.61 Å². The highest BCUT2D eigenvalue weighted by molar-refractivity contribution is 7.80. The highest BCUT2D eigenvalue weighted by Crippen LogP contribution is 2.20.